The Morgan fingerprint density at radius 1 is 0.939 bits per heavy atom. The van der Waals surface area contributed by atoms with Crippen molar-refractivity contribution in [3.05, 3.63) is 89.5 Å². The number of amides is 1. The monoisotopic (exact) mass is 468 g/mol. The normalized spacial score (nSPS) is 12.1. The summed E-state index contributed by atoms with van der Waals surface area (Å²) in [6.07, 6.45) is 0.544. The third kappa shape index (κ3) is 6.34. The summed E-state index contributed by atoms with van der Waals surface area (Å²) in [6, 6.07) is 21.0. The van der Waals surface area contributed by atoms with Gasteiger partial charge in [-0.2, -0.15) is 0 Å². The smallest absolute Gasteiger partial charge is 0.251 e. The lowest BCUT2D eigenvalue weighted by atomic mass is 10.1. The van der Waals surface area contributed by atoms with Crippen LogP contribution in [0.5, 0.6) is 11.5 Å². The fraction of sp³-hybridized carbons (Fsp3) is 0.240. The molecule has 33 heavy (non-hydrogen) atoms. The van der Waals surface area contributed by atoms with Crippen LogP contribution in [0.1, 0.15) is 34.5 Å². The molecule has 3 aromatic carbocycles. The van der Waals surface area contributed by atoms with Crippen LogP contribution < -0.4 is 19.5 Å². The van der Waals surface area contributed by atoms with Crippen LogP contribution in [0, 0.1) is 0 Å². The van der Waals surface area contributed by atoms with E-state index in [2.05, 4.69) is 10.0 Å². The highest BCUT2D eigenvalue weighted by molar-refractivity contribution is 7.89. The first-order valence-electron chi connectivity index (χ1n) is 10.5. The molecule has 0 heterocycles. The molecule has 3 aromatic rings. The van der Waals surface area contributed by atoms with Crippen molar-refractivity contribution in [3.63, 3.8) is 0 Å². The van der Waals surface area contributed by atoms with Crippen molar-refractivity contribution in [3.8, 4) is 11.5 Å². The van der Waals surface area contributed by atoms with Crippen LogP contribution in [0.15, 0.2) is 77.7 Å². The number of benzene rings is 3. The lowest BCUT2D eigenvalue weighted by molar-refractivity contribution is 0.0939. The highest BCUT2D eigenvalue weighted by Gasteiger charge is 2.22. The lowest BCUT2D eigenvalue weighted by Gasteiger charge is -2.16. The van der Waals surface area contributed by atoms with Crippen LogP contribution in [0.3, 0.4) is 0 Å². The summed E-state index contributed by atoms with van der Waals surface area (Å²) >= 11 is 0. The average Bonchev–Trinajstić information content (AvgIpc) is 2.84. The highest BCUT2D eigenvalue weighted by atomic mass is 32.2. The van der Waals surface area contributed by atoms with Gasteiger partial charge in [0, 0.05) is 12.1 Å². The van der Waals surface area contributed by atoms with Gasteiger partial charge >= 0.3 is 0 Å². The van der Waals surface area contributed by atoms with E-state index < -0.39 is 10.0 Å². The number of carbonyl (C=O) groups is 1. The Labute approximate surface area is 194 Å². The summed E-state index contributed by atoms with van der Waals surface area (Å²) in [4.78, 5) is 12.8. The summed E-state index contributed by atoms with van der Waals surface area (Å²) in [5.74, 6) is 0.505. The molecule has 8 heteroatoms. The highest BCUT2D eigenvalue weighted by Crippen LogP contribution is 2.25. The summed E-state index contributed by atoms with van der Waals surface area (Å²) in [6.45, 7) is 2.08. The predicted octanol–water partition coefficient (Wildman–Crippen LogP) is 3.72. The molecular weight excluding hydrogens is 440 g/mol. The minimum absolute atomic E-state index is 0.0807. The van der Waals surface area contributed by atoms with Gasteiger partial charge in [-0.1, -0.05) is 42.5 Å². The van der Waals surface area contributed by atoms with Crippen molar-refractivity contribution >= 4 is 15.9 Å². The summed E-state index contributed by atoms with van der Waals surface area (Å²) < 4.78 is 38.9. The van der Waals surface area contributed by atoms with Crippen molar-refractivity contribution in [2.45, 2.75) is 24.3 Å². The maximum absolute atomic E-state index is 12.9. The molecule has 1 amide bonds. The molecule has 1 atom stereocenters. The second-order valence-corrected chi connectivity index (χ2v) is 9.20. The van der Waals surface area contributed by atoms with Gasteiger partial charge < -0.3 is 14.8 Å². The van der Waals surface area contributed by atoms with Gasteiger partial charge in [0.15, 0.2) is 0 Å². The van der Waals surface area contributed by atoms with E-state index >= 15 is 0 Å². The topological polar surface area (TPSA) is 93.7 Å². The predicted molar refractivity (Wildman–Crippen MR) is 127 cm³/mol. The minimum Gasteiger partial charge on any atom is -0.497 e. The first-order chi connectivity index (χ1) is 15.8. The average molecular weight is 469 g/mol. The number of rotatable bonds is 10. The van der Waals surface area contributed by atoms with Crippen LogP contribution in [0.2, 0.25) is 0 Å². The number of nitrogens with one attached hydrogen (secondary N) is 2. The molecule has 2 N–H and O–H groups in total. The van der Waals surface area contributed by atoms with Crippen LogP contribution in [-0.2, 0) is 16.4 Å². The summed E-state index contributed by atoms with van der Waals surface area (Å²) in [5, 5.41) is 2.89. The maximum Gasteiger partial charge on any atom is 0.251 e. The number of hydrogen-bond donors (Lipinski definition) is 2. The molecule has 0 bridgehead atoms. The van der Waals surface area contributed by atoms with E-state index in [0.29, 0.717) is 6.42 Å². The molecule has 0 fully saturated rings. The van der Waals surface area contributed by atoms with E-state index in [1.165, 1.54) is 25.3 Å². The van der Waals surface area contributed by atoms with Crippen LogP contribution in [0.4, 0.5) is 0 Å². The third-order valence-electron chi connectivity index (χ3n) is 5.23. The second-order valence-electron chi connectivity index (χ2n) is 7.47. The van der Waals surface area contributed by atoms with Crippen molar-refractivity contribution in [1.29, 1.82) is 0 Å². The molecule has 3 rings (SSSR count). The fourth-order valence-corrected chi connectivity index (χ4v) is 4.56. The zero-order valence-electron chi connectivity index (χ0n) is 18.9. The van der Waals surface area contributed by atoms with Gasteiger partial charge in [0.25, 0.3) is 5.91 Å². The Morgan fingerprint density at radius 3 is 2.27 bits per heavy atom. The van der Waals surface area contributed by atoms with Gasteiger partial charge in [-0.3, -0.25) is 4.79 Å². The Bertz CT molecular complexity index is 1180. The Morgan fingerprint density at radius 2 is 1.64 bits per heavy atom. The van der Waals surface area contributed by atoms with E-state index in [0.717, 1.165) is 16.9 Å². The number of methoxy groups -OCH3 is 2. The molecule has 7 nitrogen and oxygen atoms in total. The number of sulfonamides is 1. The van der Waals surface area contributed by atoms with Crippen LogP contribution in [0.25, 0.3) is 0 Å². The molecule has 0 aliphatic carbocycles. The second kappa shape index (κ2) is 11.0. The Kier molecular flexibility index (Phi) is 8.08. The van der Waals surface area contributed by atoms with E-state index in [-0.39, 0.29) is 34.7 Å². The molecule has 0 saturated heterocycles. The zero-order chi connectivity index (χ0) is 23.8. The standard InChI is InChI=1S/C25H28N2O5S/c1-18(20-9-12-22(31-2)13-10-20)27-25(28)21-11-14-23(32-3)24(17-21)33(29,30)26-16-15-19-7-5-4-6-8-19/h4-14,17-18,26H,15-16H2,1-3H3,(H,27,28)/t18-/m0/s1. The lowest BCUT2D eigenvalue weighted by Crippen LogP contribution is -2.28. The van der Waals surface area contributed by atoms with Gasteiger partial charge in [-0.15, -0.1) is 0 Å². The first-order valence-corrected chi connectivity index (χ1v) is 12.0. The first kappa shape index (κ1) is 24.3. The Balaban J connectivity index is 1.73. The Hall–Kier alpha value is -3.36. The van der Waals surface area contributed by atoms with E-state index in [1.54, 1.807) is 7.11 Å². The minimum atomic E-state index is -3.89. The van der Waals surface area contributed by atoms with Crippen LogP contribution >= 0.6 is 0 Å². The molecule has 0 aliphatic heterocycles. The number of carbonyl (C=O) groups excluding carboxylic acids is 1. The third-order valence-corrected chi connectivity index (χ3v) is 6.71. The van der Waals surface area contributed by atoms with Crippen molar-refractivity contribution < 1.29 is 22.7 Å². The molecule has 0 unspecified atom stereocenters. The summed E-state index contributed by atoms with van der Waals surface area (Å²) in [5.41, 5.74) is 2.14. The number of hydrogen-bond acceptors (Lipinski definition) is 5. The summed E-state index contributed by atoms with van der Waals surface area (Å²) in [7, 11) is -0.904. The van der Waals surface area contributed by atoms with Gasteiger partial charge in [-0.25, -0.2) is 13.1 Å². The molecule has 0 radical (unpaired) electrons. The zero-order valence-corrected chi connectivity index (χ0v) is 19.7. The van der Waals surface area contributed by atoms with Crippen molar-refractivity contribution in [1.82, 2.24) is 10.0 Å². The van der Waals surface area contributed by atoms with E-state index in [1.807, 2.05) is 61.5 Å². The molecule has 0 aliphatic rings. The largest absolute Gasteiger partial charge is 0.497 e. The molecule has 0 spiro atoms. The number of ether oxygens (including phenoxy) is 2. The van der Waals surface area contributed by atoms with Crippen molar-refractivity contribution in [2.24, 2.45) is 0 Å². The van der Waals surface area contributed by atoms with Crippen molar-refractivity contribution in [2.75, 3.05) is 20.8 Å². The van der Waals surface area contributed by atoms with E-state index in [9.17, 15) is 13.2 Å². The van der Waals surface area contributed by atoms with Gasteiger partial charge in [0.05, 0.1) is 20.3 Å². The quantitative estimate of drug-likeness (QED) is 0.473. The molecule has 174 valence electrons. The van der Waals surface area contributed by atoms with Crippen LogP contribution in [-0.4, -0.2) is 35.1 Å². The maximum atomic E-state index is 12.9. The molecular formula is C25H28N2O5S. The van der Waals surface area contributed by atoms with Gasteiger partial charge in [-0.05, 0) is 54.8 Å². The van der Waals surface area contributed by atoms with E-state index in [4.69, 9.17) is 9.47 Å². The van der Waals surface area contributed by atoms with Gasteiger partial charge in [0.1, 0.15) is 16.4 Å². The van der Waals surface area contributed by atoms with Gasteiger partial charge in [0.2, 0.25) is 10.0 Å². The molecule has 0 aromatic heterocycles. The fourth-order valence-electron chi connectivity index (χ4n) is 3.34. The molecule has 0 saturated carbocycles. The SMILES string of the molecule is COc1ccc([C@H](C)NC(=O)c2ccc(OC)c(S(=O)(=O)NCCc3ccccc3)c2)cc1.